The topological polar surface area (TPSA) is 74.3 Å². The van der Waals surface area contributed by atoms with Gasteiger partial charge in [-0.2, -0.15) is 0 Å². The minimum Gasteiger partial charge on any atom is -0.359 e. The van der Waals surface area contributed by atoms with E-state index in [1.807, 2.05) is 36.2 Å². The first-order valence-corrected chi connectivity index (χ1v) is 8.74. The third kappa shape index (κ3) is 5.86. The highest BCUT2D eigenvalue weighted by Gasteiger charge is 2.15. The summed E-state index contributed by atoms with van der Waals surface area (Å²) in [7, 11) is 1.88. The van der Waals surface area contributed by atoms with Gasteiger partial charge in [0.05, 0.1) is 5.56 Å². The van der Waals surface area contributed by atoms with E-state index in [1.54, 1.807) is 18.3 Å². The predicted molar refractivity (Wildman–Crippen MR) is 103 cm³/mol. The van der Waals surface area contributed by atoms with Crippen molar-refractivity contribution in [2.75, 3.05) is 30.4 Å². The van der Waals surface area contributed by atoms with E-state index in [-0.39, 0.29) is 11.8 Å². The standard InChI is InChI=1S/C18H21BrN4O2/c1-13(24)20-11-4-12-23(2)17-16(5-3-10-21-17)18(25)22-15-8-6-14(19)7-9-15/h3,5-10H,4,11-12H2,1-2H3,(H,20,24)(H,22,25). The van der Waals surface area contributed by atoms with E-state index in [1.165, 1.54) is 6.92 Å². The molecule has 0 atom stereocenters. The average molecular weight is 405 g/mol. The number of benzene rings is 1. The molecule has 7 heteroatoms. The Morgan fingerprint density at radius 1 is 1.20 bits per heavy atom. The Balaban J connectivity index is 2.04. The number of pyridine rings is 1. The van der Waals surface area contributed by atoms with Crippen molar-refractivity contribution in [3.05, 3.63) is 52.6 Å². The largest absolute Gasteiger partial charge is 0.359 e. The summed E-state index contributed by atoms with van der Waals surface area (Å²) in [5, 5.41) is 5.64. The van der Waals surface area contributed by atoms with Crippen molar-refractivity contribution in [1.29, 1.82) is 0 Å². The van der Waals surface area contributed by atoms with Crippen LogP contribution in [-0.2, 0) is 4.79 Å². The van der Waals surface area contributed by atoms with Crippen LogP contribution in [0.15, 0.2) is 47.1 Å². The Morgan fingerprint density at radius 3 is 2.60 bits per heavy atom. The molecule has 0 radical (unpaired) electrons. The van der Waals surface area contributed by atoms with Gasteiger partial charge in [0.1, 0.15) is 5.82 Å². The smallest absolute Gasteiger partial charge is 0.259 e. The molecular weight excluding hydrogens is 384 g/mol. The van der Waals surface area contributed by atoms with Crippen LogP contribution < -0.4 is 15.5 Å². The summed E-state index contributed by atoms with van der Waals surface area (Å²) in [5.41, 5.74) is 1.23. The van der Waals surface area contributed by atoms with Crippen LogP contribution in [0.1, 0.15) is 23.7 Å². The quantitative estimate of drug-likeness (QED) is 0.695. The molecule has 2 aromatic rings. The van der Waals surface area contributed by atoms with Gasteiger partial charge < -0.3 is 15.5 Å². The summed E-state index contributed by atoms with van der Waals surface area (Å²) >= 11 is 3.37. The molecule has 0 spiro atoms. The van der Waals surface area contributed by atoms with Gasteiger partial charge in [-0.15, -0.1) is 0 Å². The van der Waals surface area contributed by atoms with Crippen molar-refractivity contribution in [2.24, 2.45) is 0 Å². The number of halogens is 1. The van der Waals surface area contributed by atoms with E-state index in [0.717, 1.165) is 16.6 Å². The van der Waals surface area contributed by atoms with E-state index < -0.39 is 0 Å². The summed E-state index contributed by atoms with van der Waals surface area (Å²) in [6.07, 6.45) is 2.43. The number of hydrogen-bond acceptors (Lipinski definition) is 4. The van der Waals surface area contributed by atoms with Crippen LogP contribution in [0.5, 0.6) is 0 Å². The van der Waals surface area contributed by atoms with Crippen molar-refractivity contribution in [3.63, 3.8) is 0 Å². The van der Waals surface area contributed by atoms with Gasteiger partial charge in [-0.3, -0.25) is 9.59 Å². The van der Waals surface area contributed by atoms with Crippen LogP contribution >= 0.6 is 15.9 Å². The number of carbonyl (C=O) groups is 2. The van der Waals surface area contributed by atoms with Gasteiger partial charge in [0.15, 0.2) is 0 Å². The molecule has 0 bridgehead atoms. The van der Waals surface area contributed by atoms with Crippen LogP contribution in [0, 0.1) is 0 Å². The summed E-state index contributed by atoms with van der Waals surface area (Å²) in [4.78, 5) is 29.8. The van der Waals surface area contributed by atoms with E-state index in [0.29, 0.717) is 24.5 Å². The van der Waals surface area contributed by atoms with Gasteiger partial charge in [0.2, 0.25) is 5.91 Å². The summed E-state index contributed by atoms with van der Waals surface area (Å²) in [5.74, 6) is 0.356. The summed E-state index contributed by atoms with van der Waals surface area (Å²) in [6, 6.07) is 10.9. The number of anilines is 2. The molecular formula is C18H21BrN4O2. The number of rotatable bonds is 7. The maximum atomic E-state index is 12.6. The lowest BCUT2D eigenvalue weighted by Crippen LogP contribution is -2.28. The normalized spacial score (nSPS) is 10.2. The van der Waals surface area contributed by atoms with E-state index in [9.17, 15) is 9.59 Å². The number of amides is 2. The van der Waals surface area contributed by atoms with Gasteiger partial charge >= 0.3 is 0 Å². The molecule has 132 valence electrons. The highest BCUT2D eigenvalue weighted by atomic mass is 79.9. The molecule has 2 amide bonds. The molecule has 0 saturated carbocycles. The lowest BCUT2D eigenvalue weighted by atomic mass is 10.2. The molecule has 0 saturated heterocycles. The van der Waals surface area contributed by atoms with E-state index >= 15 is 0 Å². The second kappa shape index (κ2) is 9.17. The first-order chi connectivity index (χ1) is 12.0. The molecule has 0 aliphatic rings. The summed E-state index contributed by atoms with van der Waals surface area (Å²) < 4.78 is 0.950. The molecule has 1 heterocycles. The Bertz CT molecular complexity index is 734. The third-order valence-electron chi connectivity index (χ3n) is 3.54. The molecule has 6 nitrogen and oxygen atoms in total. The maximum Gasteiger partial charge on any atom is 0.259 e. The van der Waals surface area contributed by atoms with Crippen molar-refractivity contribution < 1.29 is 9.59 Å². The van der Waals surface area contributed by atoms with Crippen molar-refractivity contribution in [1.82, 2.24) is 10.3 Å². The van der Waals surface area contributed by atoms with Crippen LogP contribution in [0.4, 0.5) is 11.5 Å². The van der Waals surface area contributed by atoms with E-state index in [4.69, 9.17) is 0 Å². The Labute approximate surface area is 155 Å². The molecule has 1 aromatic heterocycles. The third-order valence-corrected chi connectivity index (χ3v) is 4.07. The minimum absolute atomic E-state index is 0.0462. The maximum absolute atomic E-state index is 12.6. The highest BCUT2D eigenvalue weighted by Crippen LogP contribution is 2.19. The second-order valence-corrected chi connectivity index (χ2v) is 6.51. The van der Waals surface area contributed by atoms with Crippen LogP contribution in [0.25, 0.3) is 0 Å². The molecule has 1 aromatic carbocycles. The molecule has 0 aliphatic carbocycles. The number of nitrogens with zero attached hydrogens (tertiary/aromatic N) is 2. The minimum atomic E-state index is -0.209. The lowest BCUT2D eigenvalue weighted by molar-refractivity contribution is -0.118. The first-order valence-electron chi connectivity index (χ1n) is 7.95. The fourth-order valence-corrected chi connectivity index (χ4v) is 2.56. The average Bonchev–Trinajstić information content (AvgIpc) is 2.60. The molecule has 0 aliphatic heterocycles. The highest BCUT2D eigenvalue weighted by molar-refractivity contribution is 9.10. The zero-order chi connectivity index (χ0) is 18.2. The van der Waals surface area contributed by atoms with Crippen LogP contribution in [0.2, 0.25) is 0 Å². The molecule has 2 rings (SSSR count). The van der Waals surface area contributed by atoms with Gasteiger partial charge in [0.25, 0.3) is 5.91 Å². The SMILES string of the molecule is CC(=O)NCCCN(C)c1ncccc1C(=O)Nc1ccc(Br)cc1. The first kappa shape index (κ1) is 18.9. The lowest BCUT2D eigenvalue weighted by Gasteiger charge is -2.20. The number of hydrogen-bond donors (Lipinski definition) is 2. The monoisotopic (exact) mass is 404 g/mol. The van der Waals surface area contributed by atoms with E-state index in [2.05, 4.69) is 31.5 Å². The molecule has 2 N–H and O–H groups in total. The van der Waals surface area contributed by atoms with Crippen LogP contribution in [-0.4, -0.2) is 36.9 Å². The zero-order valence-corrected chi connectivity index (χ0v) is 15.8. The van der Waals surface area contributed by atoms with Gasteiger partial charge in [-0.1, -0.05) is 15.9 Å². The van der Waals surface area contributed by atoms with Crippen molar-refractivity contribution in [3.8, 4) is 0 Å². The fraction of sp³-hybridized carbons (Fsp3) is 0.278. The number of carbonyl (C=O) groups excluding carboxylic acids is 2. The molecule has 0 unspecified atom stereocenters. The second-order valence-electron chi connectivity index (χ2n) is 5.59. The fourth-order valence-electron chi connectivity index (χ4n) is 2.30. The Kier molecular flexibility index (Phi) is 6.94. The van der Waals surface area contributed by atoms with Crippen molar-refractivity contribution >= 4 is 39.2 Å². The van der Waals surface area contributed by atoms with Gasteiger partial charge in [-0.25, -0.2) is 4.98 Å². The molecule has 25 heavy (non-hydrogen) atoms. The summed E-state index contributed by atoms with van der Waals surface area (Å²) in [6.45, 7) is 2.76. The number of nitrogens with one attached hydrogen (secondary N) is 2. The van der Waals surface area contributed by atoms with Gasteiger partial charge in [-0.05, 0) is 42.8 Å². The van der Waals surface area contributed by atoms with Crippen molar-refractivity contribution in [2.45, 2.75) is 13.3 Å². The van der Waals surface area contributed by atoms with Gasteiger partial charge in [0, 0.05) is 43.4 Å². The Morgan fingerprint density at radius 2 is 1.92 bits per heavy atom. The van der Waals surface area contributed by atoms with Crippen LogP contribution in [0.3, 0.4) is 0 Å². The zero-order valence-electron chi connectivity index (χ0n) is 14.3. The number of aromatic nitrogens is 1. The predicted octanol–water partition coefficient (Wildman–Crippen LogP) is 3.06. The Hall–Kier alpha value is -2.41. The molecule has 0 fully saturated rings.